The van der Waals surface area contributed by atoms with Gasteiger partial charge in [0.15, 0.2) is 5.65 Å². The predicted octanol–water partition coefficient (Wildman–Crippen LogP) is 2.77. The van der Waals surface area contributed by atoms with E-state index in [9.17, 15) is 9.59 Å². The first-order chi connectivity index (χ1) is 14.0. The lowest BCUT2D eigenvalue weighted by Crippen LogP contribution is -2.30. The van der Waals surface area contributed by atoms with Gasteiger partial charge in [0.05, 0.1) is 11.4 Å². The Labute approximate surface area is 167 Å². The van der Waals surface area contributed by atoms with Crippen LogP contribution in [0, 0.1) is 0 Å². The zero-order chi connectivity index (χ0) is 20.1. The first kappa shape index (κ1) is 17.5. The highest BCUT2D eigenvalue weighted by atomic mass is 16.5. The number of fused-ring (bicyclic) bond motifs is 1. The minimum Gasteiger partial charge on any atom is -0.487 e. The molecule has 2 aromatic heterocycles. The lowest BCUT2D eigenvalue weighted by atomic mass is 10.1. The summed E-state index contributed by atoms with van der Waals surface area (Å²) in [6.07, 6.45) is 6.23. The van der Waals surface area contributed by atoms with Crippen molar-refractivity contribution < 1.29 is 14.3 Å². The molecule has 29 heavy (non-hydrogen) atoms. The van der Waals surface area contributed by atoms with E-state index in [2.05, 4.69) is 11.2 Å². The number of amides is 3. The number of ether oxygens (including phenoxy) is 1. The maximum Gasteiger partial charge on any atom is 0.331 e. The zero-order valence-corrected chi connectivity index (χ0v) is 16.0. The third-order valence-electron chi connectivity index (χ3n) is 5.37. The summed E-state index contributed by atoms with van der Waals surface area (Å²) in [4.78, 5) is 31.9. The van der Waals surface area contributed by atoms with Gasteiger partial charge in [-0.3, -0.25) is 14.6 Å². The maximum atomic E-state index is 12.6. The van der Waals surface area contributed by atoms with Gasteiger partial charge in [0, 0.05) is 31.2 Å². The molecule has 2 N–H and O–H groups in total. The summed E-state index contributed by atoms with van der Waals surface area (Å²) in [5.74, 6) is 0.948. The molecule has 1 aliphatic heterocycles. The molecule has 0 unspecified atom stereocenters. The standard InChI is InChI=1S/C21H21N5O3/c1-24-19(27)11-26(21(24)28)18-7-14(13-5-6-13)9-25-10-16(23-20(18)25)12-29-17-4-2-3-15(22)8-17/h2-4,7-10,13H,5-6,11-12,22H2,1H3. The molecule has 1 saturated carbocycles. The summed E-state index contributed by atoms with van der Waals surface area (Å²) >= 11 is 0. The molecular formula is C21H21N5O3. The molecule has 1 saturated heterocycles. The van der Waals surface area contributed by atoms with Crippen molar-refractivity contribution in [1.82, 2.24) is 14.3 Å². The summed E-state index contributed by atoms with van der Waals surface area (Å²) in [5.41, 5.74) is 9.61. The van der Waals surface area contributed by atoms with E-state index in [4.69, 9.17) is 10.5 Å². The fraction of sp³-hybridized carbons (Fsp3) is 0.286. The monoisotopic (exact) mass is 391 g/mol. The molecule has 0 atom stereocenters. The second-order valence-corrected chi connectivity index (χ2v) is 7.58. The Kier molecular flexibility index (Phi) is 3.94. The van der Waals surface area contributed by atoms with E-state index in [1.165, 1.54) is 11.9 Å². The number of rotatable bonds is 5. The lowest BCUT2D eigenvalue weighted by molar-refractivity contribution is -0.123. The average Bonchev–Trinajstić information content (AvgIpc) is 3.42. The smallest absolute Gasteiger partial charge is 0.331 e. The van der Waals surface area contributed by atoms with Gasteiger partial charge < -0.3 is 14.9 Å². The molecule has 3 amide bonds. The minimum atomic E-state index is -0.328. The molecule has 2 fully saturated rings. The van der Waals surface area contributed by atoms with Crippen molar-refractivity contribution in [3.8, 4) is 5.75 Å². The van der Waals surface area contributed by atoms with Crippen LogP contribution in [0.4, 0.5) is 16.2 Å². The number of carbonyl (C=O) groups is 2. The number of nitrogen functional groups attached to an aromatic ring is 1. The number of nitrogens with zero attached hydrogens (tertiary/aromatic N) is 4. The Morgan fingerprint density at radius 1 is 1.21 bits per heavy atom. The number of aromatic nitrogens is 2. The van der Waals surface area contributed by atoms with E-state index in [-0.39, 0.29) is 25.1 Å². The Hall–Kier alpha value is -3.55. The number of pyridine rings is 1. The molecule has 0 bridgehead atoms. The molecule has 0 radical (unpaired) electrons. The number of hydrogen-bond acceptors (Lipinski definition) is 5. The van der Waals surface area contributed by atoms with Crippen molar-refractivity contribution in [2.45, 2.75) is 25.4 Å². The summed E-state index contributed by atoms with van der Waals surface area (Å²) < 4.78 is 7.74. The van der Waals surface area contributed by atoms with Crippen molar-refractivity contribution in [2.75, 3.05) is 24.2 Å². The topological polar surface area (TPSA) is 93.2 Å². The molecule has 3 aromatic rings. The van der Waals surface area contributed by atoms with Gasteiger partial charge in [-0.05, 0) is 42.5 Å². The quantitative estimate of drug-likeness (QED) is 0.533. The van der Waals surface area contributed by atoms with Gasteiger partial charge in [0.1, 0.15) is 18.9 Å². The van der Waals surface area contributed by atoms with Crippen LogP contribution in [-0.2, 0) is 11.4 Å². The van der Waals surface area contributed by atoms with E-state index in [1.807, 2.05) is 28.8 Å². The highest BCUT2D eigenvalue weighted by molar-refractivity contribution is 6.13. The second-order valence-electron chi connectivity index (χ2n) is 7.58. The molecule has 148 valence electrons. The fourth-order valence-corrected chi connectivity index (χ4v) is 3.61. The van der Waals surface area contributed by atoms with Crippen LogP contribution < -0.4 is 15.4 Å². The summed E-state index contributed by atoms with van der Waals surface area (Å²) in [6.45, 7) is 0.303. The first-order valence-corrected chi connectivity index (χ1v) is 9.57. The number of imide groups is 1. The fourth-order valence-electron chi connectivity index (χ4n) is 3.61. The van der Waals surface area contributed by atoms with Gasteiger partial charge >= 0.3 is 6.03 Å². The predicted molar refractivity (Wildman–Crippen MR) is 108 cm³/mol. The summed E-state index contributed by atoms with van der Waals surface area (Å²) in [6, 6.07) is 8.90. The summed E-state index contributed by atoms with van der Waals surface area (Å²) in [5, 5.41) is 0. The number of hydrogen-bond donors (Lipinski definition) is 1. The molecule has 0 spiro atoms. The number of carbonyl (C=O) groups excluding carboxylic acids is 2. The van der Waals surface area contributed by atoms with Gasteiger partial charge in [-0.25, -0.2) is 9.78 Å². The zero-order valence-electron chi connectivity index (χ0n) is 16.0. The van der Waals surface area contributed by atoms with Gasteiger partial charge in [-0.1, -0.05) is 6.07 Å². The van der Waals surface area contributed by atoms with Crippen LogP contribution in [0.25, 0.3) is 5.65 Å². The van der Waals surface area contributed by atoms with Crippen LogP contribution in [-0.4, -0.2) is 39.8 Å². The number of benzene rings is 1. The number of imidazole rings is 1. The molecule has 3 heterocycles. The SMILES string of the molecule is CN1C(=O)CN(c2cc(C3CC3)cn3cc(COc4cccc(N)c4)nc23)C1=O. The Bertz CT molecular complexity index is 1130. The van der Waals surface area contributed by atoms with Gasteiger partial charge in [0.25, 0.3) is 0 Å². The van der Waals surface area contributed by atoms with E-state index >= 15 is 0 Å². The molecule has 1 aliphatic carbocycles. The minimum absolute atomic E-state index is 0.0289. The Morgan fingerprint density at radius 2 is 2.03 bits per heavy atom. The first-order valence-electron chi connectivity index (χ1n) is 9.57. The molecule has 1 aromatic carbocycles. The van der Waals surface area contributed by atoms with Crippen LogP contribution in [0.1, 0.15) is 30.0 Å². The van der Waals surface area contributed by atoms with Crippen LogP contribution in [0.2, 0.25) is 0 Å². The normalized spacial score (nSPS) is 16.9. The second kappa shape index (κ2) is 6.51. The van der Waals surface area contributed by atoms with Crippen LogP contribution >= 0.6 is 0 Å². The highest BCUT2D eigenvalue weighted by Gasteiger charge is 2.36. The largest absolute Gasteiger partial charge is 0.487 e. The van der Waals surface area contributed by atoms with Crippen LogP contribution in [0.15, 0.2) is 42.7 Å². The third-order valence-corrected chi connectivity index (χ3v) is 5.37. The van der Waals surface area contributed by atoms with E-state index in [1.54, 1.807) is 12.1 Å². The van der Waals surface area contributed by atoms with Crippen molar-refractivity contribution in [3.63, 3.8) is 0 Å². The molecular weight excluding hydrogens is 370 g/mol. The Balaban J connectivity index is 1.50. The van der Waals surface area contributed by atoms with E-state index < -0.39 is 0 Å². The van der Waals surface area contributed by atoms with Crippen LogP contribution in [0.5, 0.6) is 5.75 Å². The average molecular weight is 391 g/mol. The molecule has 8 nitrogen and oxygen atoms in total. The van der Waals surface area contributed by atoms with E-state index in [0.29, 0.717) is 28.7 Å². The number of likely N-dealkylation sites (N-methyl/N-ethyl adjacent to an activating group) is 1. The van der Waals surface area contributed by atoms with Crippen molar-refractivity contribution in [2.24, 2.45) is 0 Å². The highest BCUT2D eigenvalue weighted by Crippen LogP contribution is 2.42. The number of anilines is 2. The van der Waals surface area contributed by atoms with Crippen molar-refractivity contribution in [3.05, 3.63) is 54.0 Å². The van der Waals surface area contributed by atoms with Crippen molar-refractivity contribution >= 4 is 29.0 Å². The maximum absolute atomic E-state index is 12.6. The third kappa shape index (κ3) is 3.16. The molecule has 5 rings (SSSR count). The number of nitrogens with two attached hydrogens (primary N) is 1. The number of urea groups is 1. The molecule has 8 heteroatoms. The van der Waals surface area contributed by atoms with E-state index in [0.717, 1.165) is 29.0 Å². The van der Waals surface area contributed by atoms with Gasteiger partial charge in [-0.2, -0.15) is 0 Å². The summed E-state index contributed by atoms with van der Waals surface area (Å²) in [7, 11) is 1.50. The van der Waals surface area contributed by atoms with Gasteiger partial charge in [0.2, 0.25) is 5.91 Å². The Morgan fingerprint density at radius 3 is 2.72 bits per heavy atom. The van der Waals surface area contributed by atoms with Crippen LogP contribution in [0.3, 0.4) is 0 Å². The van der Waals surface area contributed by atoms with Gasteiger partial charge in [-0.15, -0.1) is 0 Å². The molecule has 2 aliphatic rings. The lowest BCUT2D eigenvalue weighted by Gasteiger charge is -2.17. The van der Waals surface area contributed by atoms with Crippen molar-refractivity contribution in [1.29, 1.82) is 0 Å².